The van der Waals surface area contributed by atoms with Gasteiger partial charge in [-0.05, 0) is 18.6 Å². The van der Waals surface area contributed by atoms with Crippen molar-refractivity contribution in [2.24, 2.45) is 0 Å². The topological polar surface area (TPSA) is 70.1 Å². The summed E-state index contributed by atoms with van der Waals surface area (Å²) in [5, 5.41) is 0. The zero-order chi connectivity index (χ0) is 12.7. The summed E-state index contributed by atoms with van der Waals surface area (Å²) in [6.07, 6.45) is 5.87. The van der Waals surface area contributed by atoms with Crippen LogP contribution >= 0.6 is 0 Å². The van der Waals surface area contributed by atoms with E-state index in [0.29, 0.717) is 6.61 Å². The highest BCUT2D eigenvalue weighted by Crippen LogP contribution is 2.08. The Morgan fingerprint density at radius 3 is 3.00 bits per heavy atom. The van der Waals surface area contributed by atoms with Crippen molar-refractivity contribution in [3.05, 3.63) is 35.4 Å². The highest BCUT2D eigenvalue weighted by Gasteiger charge is 2.08. The molecular weight excluding hydrogens is 218 g/mol. The molecule has 1 aromatic rings. The molecule has 0 amide bonds. The molecule has 17 heavy (non-hydrogen) atoms. The summed E-state index contributed by atoms with van der Waals surface area (Å²) in [6.45, 7) is 6.38. The van der Waals surface area contributed by atoms with E-state index in [4.69, 9.17) is 10.5 Å². The second kappa shape index (κ2) is 6.85. The van der Waals surface area contributed by atoms with E-state index in [1.54, 1.807) is 18.3 Å². The highest BCUT2D eigenvalue weighted by molar-refractivity contribution is 5.23. The Hall–Kier alpha value is -1.62. The van der Waals surface area contributed by atoms with Gasteiger partial charge in [0, 0.05) is 12.8 Å². The van der Waals surface area contributed by atoms with Crippen molar-refractivity contribution in [2.45, 2.75) is 32.4 Å². The first-order valence-corrected chi connectivity index (χ1v) is 5.78. The van der Waals surface area contributed by atoms with E-state index in [9.17, 15) is 4.79 Å². The lowest BCUT2D eigenvalue weighted by Gasteiger charge is -2.16. The first-order valence-electron chi connectivity index (χ1n) is 5.78. The number of unbranched alkanes of at least 4 members (excludes halogenated alkanes) is 2. The van der Waals surface area contributed by atoms with Crippen LogP contribution in [-0.2, 0) is 4.74 Å². The summed E-state index contributed by atoms with van der Waals surface area (Å²) >= 11 is 0. The highest BCUT2D eigenvalue weighted by atomic mass is 16.5. The van der Waals surface area contributed by atoms with Crippen LogP contribution < -0.4 is 11.4 Å². The largest absolute Gasteiger partial charge is 0.383 e. The Labute approximate surface area is 101 Å². The van der Waals surface area contributed by atoms with E-state index in [-0.39, 0.29) is 5.82 Å². The summed E-state index contributed by atoms with van der Waals surface area (Å²) in [6, 6.07) is 1.56. The average Bonchev–Trinajstić information content (AvgIpc) is 2.31. The monoisotopic (exact) mass is 237 g/mol. The molecule has 2 N–H and O–H groups in total. The molecule has 0 fully saturated rings. The maximum Gasteiger partial charge on any atom is 0.351 e. The lowest BCUT2D eigenvalue weighted by molar-refractivity contribution is 0.0323. The van der Waals surface area contributed by atoms with Crippen LogP contribution in [-0.4, -0.2) is 16.2 Å². The number of nitrogens with zero attached hydrogens (tertiary/aromatic N) is 2. The smallest absolute Gasteiger partial charge is 0.351 e. The molecule has 1 atom stereocenters. The van der Waals surface area contributed by atoms with Gasteiger partial charge in [-0.15, -0.1) is 0 Å². The molecular formula is C12H19N3O2. The number of rotatable bonds is 7. The summed E-state index contributed by atoms with van der Waals surface area (Å²) in [7, 11) is 0. The molecule has 94 valence electrons. The number of hydrogen-bond acceptors (Lipinski definition) is 4. The average molecular weight is 237 g/mol. The van der Waals surface area contributed by atoms with Crippen LogP contribution in [0.2, 0.25) is 0 Å². The second-order valence-electron chi connectivity index (χ2n) is 3.75. The van der Waals surface area contributed by atoms with Gasteiger partial charge in [0.05, 0.1) is 0 Å². The third-order valence-corrected chi connectivity index (χ3v) is 2.36. The van der Waals surface area contributed by atoms with Gasteiger partial charge in [0.15, 0.2) is 6.23 Å². The number of aromatic nitrogens is 2. The molecule has 5 heteroatoms. The molecule has 1 aromatic heterocycles. The molecule has 0 unspecified atom stereocenters. The van der Waals surface area contributed by atoms with Gasteiger partial charge >= 0.3 is 5.69 Å². The molecule has 5 nitrogen and oxygen atoms in total. The molecule has 0 aliphatic rings. The van der Waals surface area contributed by atoms with Crippen molar-refractivity contribution in [3.63, 3.8) is 0 Å². The number of hydrogen-bond donors (Lipinski definition) is 1. The van der Waals surface area contributed by atoms with Crippen molar-refractivity contribution in [2.75, 3.05) is 12.3 Å². The lowest BCUT2D eigenvalue weighted by atomic mass is 10.3. The van der Waals surface area contributed by atoms with Crippen molar-refractivity contribution < 1.29 is 4.74 Å². The molecule has 1 rings (SSSR count). The van der Waals surface area contributed by atoms with Gasteiger partial charge in [0.25, 0.3) is 0 Å². The van der Waals surface area contributed by atoms with Crippen LogP contribution in [0, 0.1) is 0 Å². The molecule has 0 saturated carbocycles. The first-order chi connectivity index (χ1) is 8.19. The Balaban J connectivity index is 2.66. The van der Waals surface area contributed by atoms with Crippen LogP contribution in [0.4, 0.5) is 5.82 Å². The Kier molecular flexibility index (Phi) is 5.42. The van der Waals surface area contributed by atoms with Crippen molar-refractivity contribution in [1.29, 1.82) is 0 Å². The minimum atomic E-state index is -0.479. The van der Waals surface area contributed by atoms with Crippen LogP contribution in [0.5, 0.6) is 0 Å². The number of ether oxygens (including phenoxy) is 1. The molecule has 0 spiro atoms. The fraction of sp³-hybridized carbons (Fsp3) is 0.500. The van der Waals surface area contributed by atoms with Crippen LogP contribution in [0.25, 0.3) is 0 Å². The molecule has 0 aromatic carbocycles. The van der Waals surface area contributed by atoms with Crippen LogP contribution in [0.3, 0.4) is 0 Å². The standard InChI is InChI=1S/C12H19N3O2/c1-3-5-6-9-17-11(4-2)15-8-7-10(13)14-12(15)16/h4,7-8,11H,2-3,5-6,9H2,1H3,(H2,13,14,16)/t11-/m0/s1. The van der Waals surface area contributed by atoms with Crippen molar-refractivity contribution in [3.8, 4) is 0 Å². The van der Waals surface area contributed by atoms with Crippen molar-refractivity contribution >= 4 is 5.82 Å². The molecule has 0 saturated heterocycles. The first kappa shape index (κ1) is 13.4. The van der Waals surface area contributed by atoms with E-state index in [2.05, 4.69) is 18.5 Å². The lowest BCUT2D eigenvalue weighted by Crippen LogP contribution is -2.27. The Morgan fingerprint density at radius 1 is 1.65 bits per heavy atom. The minimum Gasteiger partial charge on any atom is -0.383 e. The van der Waals surface area contributed by atoms with E-state index < -0.39 is 11.9 Å². The van der Waals surface area contributed by atoms with Gasteiger partial charge in [-0.1, -0.05) is 26.3 Å². The molecule has 0 aliphatic heterocycles. The van der Waals surface area contributed by atoms with Gasteiger partial charge in [0.1, 0.15) is 5.82 Å². The van der Waals surface area contributed by atoms with Gasteiger partial charge in [-0.2, -0.15) is 4.98 Å². The zero-order valence-corrected chi connectivity index (χ0v) is 10.1. The third kappa shape index (κ3) is 4.03. The molecule has 0 aliphatic carbocycles. The van der Waals surface area contributed by atoms with Gasteiger partial charge < -0.3 is 10.5 Å². The Bertz CT molecular complexity index is 414. The summed E-state index contributed by atoms with van der Waals surface area (Å²) in [5.74, 6) is 0.208. The van der Waals surface area contributed by atoms with Gasteiger partial charge in [-0.3, -0.25) is 4.57 Å². The normalized spacial score (nSPS) is 12.3. The van der Waals surface area contributed by atoms with Crippen LogP contribution in [0.1, 0.15) is 32.4 Å². The van der Waals surface area contributed by atoms with E-state index in [1.807, 2.05) is 0 Å². The maximum atomic E-state index is 11.6. The number of nitrogens with two attached hydrogens (primary N) is 1. The third-order valence-electron chi connectivity index (χ3n) is 2.36. The van der Waals surface area contributed by atoms with E-state index >= 15 is 0 Å². The summed E-state index contributed by atoms with van der Waals surface area (Å²) in [5.41, 5.74) is 4.99. The van der Waals surface area contributed by atoms with E-state index in [0.717, 1.165) is 19.3 Å². The summed E-state index contributed by atoms with van der Waals surface area (Å²) in [4.78, 5) is 15.2. The molecule has 0 radical (unpaired) electrons. The predicted octanol–water partition coefficient (Wildman–Crippen LogP) is 1.72. The summed E-state index contributed by atoms with van der Waals surface area (Å²) < 4.78 is 6.93. The fourth-order valence-electron chi connectivity index (χ4n) is 1.44. The predicted molar refractivity (Wildman–Crippen MR) is 67.6 cm³/mol. The van der Waals surface area contributed by atoms with E-state index in [1.165, 1.54) is 4.57 Å². The van der Waals surface area contributed by atoms with Gasteiger partial charge in [-0.25, -0.2) is 4.79 Å². The Morgan fingerprint density at radius 2 is 2.41 bits per heavy atom. The fourth-order valence-corrected chi connectivity index (χ4v) is 1.44. The molecule has 0 bridgehead atoms. The van der Waals surface area contributed by atoms with Crippen molar-refractivity contribution in [1.82, 2.24) is 9.55 Å². The quantitative estimate of drug-likeness (QED) is 0.579. The minimum absolute atomic E-state index is 0.208. The number of nitrogen functional groups attached to an aromatic ring is 1. The second-order valence-corrected chi connectivity index (χ2v) is 3.75. The zero-order valence-electron chi connectivity index (χ0n) is 10.1. The molecule has 1 heterocycles. The maximum absolute atomic E-state index is 11.6. The van der Waals surface area contributed by atoms with Crippen LogP contribution in [0.15, 0.2) is 29.7 Å². The number of anilines is 1. The SMILES string of the molecule is C=C[C@H](OCCCCC)n1ccc(N)nc1=O. The van der Waals surface area contributed by atoms with Gasteiger partial charge in [0.2, 0.25) is 0 Å².